The molecule has 1 N–H and O–H groups in total. The second-order valence-electron chi connectivity index (χ2n) is 4.56. The molecule has 7 heteroatoms. The molecule has 104 valence electrons. The normalized spacial score (nSPS) is 14.2. The Bertz CT molecular complexity index is 628. The topological polar surface area (TPSA) is 54.9 Å². The monoisotopic (exact) mass is 325 g/mol. The van der Waals surface area contributed by atoms with Crippen LogP contribution in [0.3, 0.4) is 0 Å². The van der Waals surface area contributed by atoms with Gasteiger partial charge in [0.15, 0.2) is 4.34 Å². The van der Waals surface area contributed by atoms with Crippen LogP contribution in [0.15, 0.2) is 28.6 Å². The van der Waals surface area contributed by atoms with Gasteiger partial charge in [-0.05, 0) is 30.5 Å². The molecule has 20 heavy (non-hydrogen) atoms. The van der Waals surface area contributed by atoms with Gasteiger partial charge >= 0.3 is 0 Å². The van der Waals surface area contributed by atoms with Crippen molar-refractivity contribution in [2.75, 3.05) is 5.32 Å². The van der Waals surface area contributed by atoms with E-state index in [-0.39, 0.29) is 11.8 Å². The van der Waals surface area contributed by atoms with Gasteiger partial charge in [0.05, 0.1) is 0 Å². The summed E-state index contributed by atoms with van der Waals surface area (Å²) < 4.78 is 0.844. The fraction of sp³-hybridized carbons (Fsp3) is 0.308. The maximum Gasteiger partial charge on any atom is 0.229 e. The van der Waals surface area contributed by atoms with Crippen molar-refractivity contribution in [3.05, 3.63) is 34.9 Å². The van der Waals surface area contributed by atoms with Gasteiger partial charge in [-0.3, -0.25) is 4.79 Å². The predicted molar refractivity (Wildman–Crippen MR) is 82.3 cm³/mol. The molecule has 4 nitrogen and oxygen atoms in total. The van der Waals surface area contributed by atoms with E-state index in [4.69, 9.17) is 11.6 Å². The van der Waals surface area contributed by atoms with E-state index < -0.39 is 0 Å². The molecular weight excluding hydrogens is 314 g/mol. The van der Waals surface area contributed by atoms with Crippen molar-refractivity contribution in [2.24, 2.45) is 5.92 Å². The van der Waals surface area contributed by atoms with E-state index in [1.807, 2.05) is 24.3 Å². The number of amides is 1. The van der Waals surface area contributed by atoms with Gasteiger partial charge in [-0.1, -0.05) is 46.8 Å². The van der Waals surface area contributed by atoms with Gasteiger partial charge in [-0.2, -0.15) is 0 Å². The van der Waals surface area contributed by atoms with Gasteiger partial charge in [0.1, 0.15) is 0 Å². The molecule has 0 atom stereocenters. The van der Waals surface area contributed by atoms with Crippen LogP contribution in [0.5, 0.6) is 0 Å². The third-order valence-corrected chi connectivity index (χ3v) is 5.11. The number of anilines is 1. The summed E-state index contributed by atoms with van der Waals surface area (Å²) in [5.74, 6) is 1.03. The average Bonchev–Trinajstić information content (AvgIpc) is 3.19. The van der Waals surface area contributed by atoms with E-state index in [0.29, 0.717) is 5.13 Å². The largest absolute Gasteiger partial charge is 0.300 e. The summed E-state index contributed by atoms with van der Waals surface area (Å²) in [5.41, 5.74) is 1.14. The molecule has 0 radical (unpaired) electrons. The van der Waals surface area contributed by atoms with Gasteiger partial charge in [0, 0.05) is 16.7 Å². The van der Waals surface area contributed by atoms with Gasteiger partial charge in [0.2, 0.25) is 11.0 Å². The van der Waals surface area contributed by atoms with Crippen LogP contribution in [-0.4, -0.2) is 16.1 Å². The van der Waals surface area contributed by atoms with E-state index in [1.165, 1.54) is 11.3 Å². The Balaban J connectivity index is 1.55. The molecule has 1 fully saturated rings. The van der Waals surface area contributed by atoms with Crippen molar-refractivity contribution in [3.8, 4) is 0 Å². The van der Waals surface area contributed by atoms with Crippen LogP contribution in [0.1, 0.15) is 18.4 Å². The number of rotatable bonds is 5. The fourth-order valence-corrected chi connectivity index (χ4v) is 3.55. The molecule has 1 saturated carbocycles. The van der Waals surface area contributed by atoms with Crippen LogP contribution in [0.4, 0.5) is 5.13 Å². The summed E-state index contributed by atoms with van der Waals surface area (Å²) >= 11 is 8.94. The van der Waals surface area contributed by atoms with Crippen molar-refractivity contribution in [1.82, 2.24) is 10.2 Å². The minimum absolute atomic E-state index is 0.0625. The van der Waals surface area contributed by atoms with Crippen LogP contribution < -0.4 is 5.32 Å². The van der Waals surface area contributed by atoms with E-state index in [9.17, 15) is 4.79 Å². The number of thioether (sulfide) groups is 1. The summed E-state index contributed by atoms with van der Waals surface area (Å²) in [6.45, 7) is 0. The zero-order valence-corrected chi connectivity index (χ0v) is 12.9. The van der Waals surface area contributed by atoms with Crippen LogP contribution >= 0.6 is 34.7 Å². The lowest BCUT2D eigenvalue weighted by Crippen LogP contribution is -2.12. The zero-order chi connectivity index (χ0) is 13.9. The van der Waals surface area contributed by atoms with Gasteiger partial charge in [-0.25, -0.2) is 0 Å². The SMILES string of the molecule is O=C(Nc1nnc(SCc2cccc(Cl)c2)s1)C1CC1. The second-order valence-corrected chi connectivity index (χ2v) is 7.19. The number of benzene rings is 1. The molecule has 1 aliphatic rings. The summed E-state index contributed by atoms with van der Waals surface area (Å²) in [5, 5.41) is 12.2. The number of carbonyl (C=O) groups excluding carboxylic acids is 1. The number of hydrogen-bond acceptors (Lipinski definition) is 5. The number of carbonyl (C=O) groups is 1. The smallest absolute Gasteiger partial charge is 0.229 e. The first kappa shape index (κ1) is 13.9. The maximum atomic E-state index is 11.6. The molecule has 0 spiro atoms. The van der Waals surface area contributed by atoms with E-state index in [1.54, 1.807) is 11.8 Å². The van der Waals surface area contributed by atoms with Crippen molar-refractivity contribution in [1.29, 1.82) is 0 Å². The summed E-state index contributed by atoms with van der Waals surface area (Å²) in [4.78, 5) is 11.6. The molecule has 0 unspecified atom stereocenters. The molecular formula is C13H12ClN3OS2. The molecule has 3 rings (SSSR count). The Labute approximate surface area is 129 Å². The highest BCUT2D eigenvalue weighted by atomic mass is 35.5. The Morgan fingerprint density at radius 1 is 1.45 bits per heavy atom. The maximum absolute atomic E-state index is 11.6. The molecule has 2 aromatic rings. The molecule has 1 aromatic heterocycles. The Hall–Kier alpha value is -1.11. The number of nitrogens with zero attached hydrogens (tertiary/aromatic N) is 2. The van der Waals surface area contributed by atoms with Crippen molar-refractivity contribution in [3.63, 3.8) is 0 Å². The van der Waals surface area contributed by atoms with E-state index >= 15 is 0 Å². The summed E-state index contributed by atoms with van der Waals surface area (Å²) in [6, 6.07) is 7.74. The van der Waals surface area contributed by atoms with Gasteiger partial charge < -0.3 is 5.32 Å². The number of halogens is 1. The van der Waals surface area contributed by atoms with Gasteiger partial charge in [-0.15, -0.1) is 10.2 Å². The van der Waals surface area contributed by atoms with Gasteiger partial charge in [0.25, 0.3) is 0 Å². The quantitative estimate of drug-likeness (QED) is 0.670. The fourth-order valence-electron chi connectivity index (χ4n) is 1.64. The summed E-state index contributed by atoms with van der Waals surface area (Å²) in [7, 11) is 0. The second kappa shape index (κ2) is 6.11. The van der Waals surface area contributed by atoms with E-state index in [0.717, 1.165) is 33.5 Å². The van der Waals surface area contributed by atoms with Crippen molar-refractivity contribution in [2.45, 2.75) is 22.9 Å². The highest BCUT2D eigenvalue weighted by Gasteiger charge is 2.30. The minimum Gasteiger partial charge on any atom is -0.300 e. The molecule has 1 amide bonds. The molecule has 0 aliphatic heterocycles. The lowest BCUT2D eigenvalue weighted by Gasteiger charge is -1.99. The minimum atomic E-state index is 0.0625. The Morgan fingerprint density at radius 2 is 2.30 bits per heavy atom. The molecule has 0 bridgehead atoms. The number of aromatic nitrogens is 2. The highest BCUT2D eigenvalue weighted by Crippen LogP contribution is 2.32. The van der Waals surface area contributed by atoms with Crippen LogP contribution in [0.25, 0.3) is 0 Å². The molecule has 0 saturated heterocycles. The number of nitrogens with one attached hydrogen (secondary N) is 1. The molecule has 1 aliphatic carbocycles. The first-order chi connectivity index (χ1) is 9.70. The van der Waals surface area contributed by atoms with Crippen molar-refractivity contribution >= 4 is 45.7 Å². The first-order valence-corrected chi connectivity index (χ1v) is 8.40. The Kier molecular flexibility index (Phi) is 4.24. The lowest BCUT2D eigenvalue weighted by atomic mass is 10.2. The predicted octanol–water partition coefficient (Wildman–Crippen LogP) is 3.83. The van der Waals surface area contributed by atoms with Crippen molar-refractivity contribution < 1.29 is 4.79 Å². The Morgan fingerprint density at radius 3 is 3.05 bits per heavy atom. The third-order valence-electron chi connectivity index (χ3n) is 2.84. The van der Waals surface area contributed by atoms with Crippen LogP contribution in [0, 0.1) is 5.92 Å². The standard InChI is InChI=1S/C13H12ClN3OS2/c14-10-3-1-2-8(6-10)7-19-13-17-16-12(20-13)15-11(18)9-4-5-9/h1-3,6,9H,4-5,7H2,(H,15,16,18). The first-order valence-electron chi connectivity index (χ1n) is 6.22. The highest BCUT2D eigenvalue weighted by molar-refractivity contribution is 8.00. The van der Waals surface area contributed by atoms with Crippen LogP contribution in [0.2, 0.25) is 5.02 Å². The molecule has 1 aromatic carbocycles. The lowest BCUT2D eigenvalue weighted by molar-refractivity contribution is -0.117. The zero-order valence-electron chi connectivity index (χ0n) is 10.5. The molecule has 1 heterocycles. The summed E-state index contributed by atoms with van der Waals surface area (Å²) in [6.07, 6.45) is 1.97. The third kappa shape index (κ3) is 3.71. The number of hydrogen-bond donors (Lipinski definition) is 1. The van der Waals surface area contributed by atoms with E-state index in [2.05, 4.69) is 15.5 Å². The average molecular weight is 326 g/mol. The van der Waals surface area contributed by atoms with Crippen LogP contribution in [-0.2, 0) is 10.5 Å².